The maximum atomic E-state index is 13.8. The van der Waals surface area contributed by atoms with Crippen LogP contribution in [-0.4, -0.2) is 49.1 Å². The lowest BCUT2D eigenvalue weighted by atomic mass is 10.1. The van der Waals surface area contributed by atoms with E-state index in [-0.39, 0.29) is 19.4 Å². The van der Waals surface area contributed by atoms with Gasteiger partial charge in [-0.2, -0.15) is 0 Å². The zero-order valence-electron chi connectivity index (χ0n) is 12.7. The molecule has 1 heterocycles. The highest BCUT2D eigenvalue weighted by Gasteiger charge is 2.56. The van der Waals surface area contributed by atoms with Crippen molar-refractivity contribution in [2.24, 2.45) is 0 Å². The third kappa shape index (κ3) is 4.06. The lowest BCUT2D eigenvalue weighted by molar-refractivity contribution is 0.0194. The Morgan fingerprint density at radius 3 is 2.52 bits per heavy atom. The number of carbonyl (C=O) groups excluding carboxylic acids is 1. The van der Waals surface area contributed by atoms with Gasteiger partial charge in [-0.3, -0.25) is 0 Å². The van der Waals surface area contributed by atoms with Gasteiger partial charge in [-0.15, -0.1) is 0 Å². The van der Waals surface area contributed by atoms with Crippen molar-refractivity contribution in [3.63, 3.8) is 0 Å². The molecule has 0 aromatic carbocycles. The zero-order chi connectivity index (χ0) is 15.9. The molecular formula is C13H23FN2O4S. The Labute approximate surface area is 125 Å². The predicted octanol–water partition coefficient (Wildman–Crippen LogP) is 1.76. The van der Waals surface area contributed by atoms with Gasteiger partial charge in [0.2, 0.25) is 15.0 Å². The van der Waals surface area contributed by atoms with Crippen molar-refractivity contribution < 1.29 is 22.3 Å². The van der Waals surface area contributed by atoms with E-state index in [9.17, 15) is 17.6 Å². The third-order valence-corrected chi connectivity index (χ3v) is 5.53. The summed E-state index contributed by atoms with van der Waals surface area (Å²) in [4.78, 5) is 13.5. The molecule has 6 nitrogen and oxygen atoms in total. The van der Waals surface area contributed by atoms with E-state index in [1.807, 2.05) is 0 Å². The van der Waals surface area contributed by atoms with Crippen LogP contribution >= 0.6 is 0 Å². The Kier molecular flexibility index (Phi) is 4.23. The minimum absolute atomic E-state index is 0.0465. The molecule has 1 saturated carbocycles. The number of hydrogen-bond donors (Lipinski definition) is 1. The van der Waals surface area contributed by atoms with E-state index in [1.54, 1.807) is 20.8 Å². The SMILES string of the molecule is CC(C)(C)OC(=O)N1CCCC(NS(=O)(=O)C2(F)CC2)C1. The quantitative estimate of drug-likeness (QED) is 0.859. The summed E-state index contributed by atoms with van der Waals surface area (Å²) in [5.41, 5.74) is -0.597. The van der Waals surface area contributed by atoms with Crippen LogP contribution in [0, 0.1) is 0 Å². The summed E-state index contributed by atoms with van der Waals surface area (Å²) in [7, 11) is -3.97. The van der Waals surface area contributed by atoms with Gasteiger partial charge in [0, 0.05) is 32.0 Å². The predicted molar refractivity (Wildman–Crippen MR) is 76.0 cm³/mol. The summed E-state index contributed by atoms with van der Waals surface area (Å²) in [5.74, 6) is 0. The Bertz CT molecular complexity index is 511. The number of nitrogens with one attached hydrogen (secondary N) is 1. The molecule has 8 heteroatoms. The number of rotatable bonds is 3. The van der Waals surface area contributed by atoms with Crippen LogP contribution < -0.4 is 4.72 Å². The summed E-state index contributed by atoms with van der Waals surface area (Å²) < 4.78 is 45.2. The maximum absolute atomic E-state index is 13.8. The molecule has 2 rings (SSSR count). The van der Waals surface area contributed by atoms with Crippen molar-refractivity contribution in [1.82, 2.24) is 9.62 Å². The van der Waals surface area contributed by atoms with Crippen LogP contribution in [0.25, 0.3) is 0 Å². The molecule has 1 aliphatic heterocycles. The van der Waals surface area contributed by atoms with E-state index >= 15 is 0 Å². The average molecular weight is 322 g/mol. The molecule has 0 bridgehead atoms. The van der Waals surface area contributed by atoms with E-state index in [0.717, 1.165) is 0 Å². The average Bonchev–Trinajstić information content (AvgIpc) is 3.07. The highest BCUT2D eigenvalue weighted by molar-refractivity contribution is 7.91. The lowest BCUT2D eigenvalue weighted by Gasteiger charge is -2.34. The van der Waals surface area contributed by atoms with E-state index in [0.29, 0.717) is 19.4 Å². The van der Waals surface area contributed by atoms with Crippen LogP contribution in [-0.2, 0) is 14.8 Å². The number of amides is 1. The summed E-state index contributed by atoms with van der Waals surface area (Å²) >= 11 is 0. The van der Waals surface area contributed by atoms with Crippen molar-refractivity contribution >= 4 is 16.1 Å². The second-order valence-electron chi connectivity index (χ2n) is 6.77. The summed E-state index contributed by atoms with van der Waals surface area (Å²) in [6, 6.07) is -0.454. The van der Waals surface area contributed by atoms with Crippen molar-refractivity contribution in [1.29, 1.82) is 0 Å². The van der Waals surface area contributed by atoms with Gasteiger partial charge in [-0.05, 0) is 33.6 Å². The highest BCUT2D eigenvalue weighted by atomic mass is 32.2. The number of likely N-dealkylation sites (tertiary alicyclic amines) is 1. The molecule has 1 saturated heterocycles. The summed E-state index contributed by atoms with van der Waals surface area (Å²) in [5, 5.41) is -2.11. The zero-order valence-corrected chi connectivity index (χ0v) is 13.5. The Balaban J connectivity index is 1.93. The number of alkyl halides is 1. The number of carbonyl (C=O) groups is 1. The normalized spacial score (nSPS) is 25.5. The fourth-order valence-corrected chi connectivity index (χ4v) is 3.74. The standard InChI is InChI=1S/C13H23FN2O4S/c1-12(2,3)20-11(17)16-8-4-5-10(9-16)15-21(18,19)13(14)6-7-13/h10,15H,4-9H2,1-3H3. The summed E-state index contributed by atoms with van der Waals surface area (Å²) in [6.07, 6.45) is 0.878. The second kappa shape index (κ2) is 5.39. The fraction of sp³-hybridized carbons (Fsp3) is 0.923. The van der Waals surface area contributed by atoms with Crippen molar-refractivity contribution in [2.75, 3.05) is 13.1 Å². The monoisotopic (exact) mass is 322 g/mol. The van der Waals surface area contributed by atoms with Crippen LogP contribution in [0.5, 0.6) is 0 Å². The largest absolute Gasteiger partial charge is 0.444 e. The van der Waals surface area contributed by atoms with Crippen LogP contribution in [0.3, 0.4) is 0 Å². The first kappa shape index (κ1) is 16.5. The van der Waals surface area contributed by atoms with Crippen LogP contribution in [0.2, 0.25) is 0 Å². The first-order valence-corrected chi connectivity index (χ1v) is 8.69. The molecular weight excluding hydrogens is 299 g/mol. The number of halogens is 1. The van der Waals surface area contributed by atoms with Crippen LogP contribution in [0.1, 0.15) is 46.5 Å². The number of nitrogens with zero attached hydrogens (tertiary/aromatic N) is 1. The topological polar surface area (TPSA) is 75.7 Å². The second-order valence-corrected chi connectivity index (χ2v) is 8.74. The van der Waals surface area contributed by atoms with E-state index in [4.69, 9.17) is 4.74 Å². The lowest BCUT2D eigenvalue weighted by Crippen LogP contribution is -2.52. The van der Waals surface area contributed by atoms with Gasteiger partial charge in [0.1, 0.15) is 5.60 Å². The Morgan fingerprint density at radius 2 is 2.00 bits per heavy atom. The molecule has 1 atom stereocenters. The molecule has 1 amide bonds. The number of piperidine rings is 1. The molecule has 122 valence electrons. The molecule has 1 unspecified atom stereocenters. The molecule has 0 aromatic heterocycles. The maximum Gasteiger partial charge on any atom is 0.410 e. The number of hydrogen-bond acceptors (Lipinski definition) is 4. The van der Waals surface area contributed by atoms with Crippen molar-refractivity contribution in [2.45, 2.75) is 63.1 Å². The van der Waals surface area contributed by atoms with Crippen LogP contribution in [0.15, 0.2) is 0 Å². The van der Waals surface area contributed by atoms with Gasteiger partial charge in [0.15, 0.2) is 0 Å². The minimum Gasteiger partial charge on any atom is -0.444 e. The molecule has 1 N–H and O–H groups in total. The van der Waals surface area contributed by atoms with E-state index in [2.05, 4.69) is 4.72 Å². The van der Waals surface area contributed by atoms with Crippen molar-refractivity contribution in [3.8, 4) is 0 Å². The molecule has 0 spiro atoms. The number of ether oxygens (including phenoxy) is 1. The third-order valence-electron chi connectivity index (χ3n) is 3.52. The summed E-state index contributed by atoms with van der Waals surface area (Å²) in [6.45, 7) is 6.05. The molecule has 21 heavy (non-hydrogen) atoms. The van der Waals surface area contributed by atoms with Crippen molar-refractivity contribution in [3.05, 3.63) is 0 Å². The molecule has 2 aliphatic rings. The first-order valence-electron chi connectivity index (χ1n) is 7.21. The fourth-order valence-electron chi connectivity index (χ4n) is 2.26. The highest BCUT2D eigenvalue weighted by Crippen LogP contribution is 2.44. The van der Waals surface area contributed by atoms with E-state index < -0.39 is 32.8 Å². The van der Waals surface area contributed by atoms with Gasteiger partial charge >= 0.3 is 6.09 Å². The van der Waals surface area contributed by atoms with E-state index in [1.165, 1.54) is 4.90 Å². The van der Waals surface area contributed by atoms with Gasteiger partial charge in [-0.25, -0.2) is 22.3 Å². The number of sulfonamides is 1. The molecule has 0 aromatic rings. The molecule has 2 fully saturated rings. The smallest absolute Gasteiger partial charge is 0.410 e. The van der Waals surface area contributed by atoms with Gasteiger partial charge in [-0.1, -0.05) is 0 Å². The van der Waals surface area contributed by atoms with Gasteiger partial charge in [0.25, 0.3) is 0 Å². The molecule has 0 radical (unpaired) electrons. The molecule has 1 aliphatic carbocycles. The minimum atomic E-state index is -3.97. The van der Waals surface area contributed by atoms with Gasteiger partial charge in [0.05, 0.1) is 0 Å². The Hall–Kier alpha value is -0.890. The van der Waals surface area contributed by atoms with Crippen LogP contribution in [0.4, 0.5) is 9.18 Å². The Morgan fingerprint density at radius 1 is 1.38 bits per heavy atom. The van der Waals surface area contributed by atoms with Gasteiger partial charge < -0.3 is 9.64 Å². The first-order chi connectivity index (χ1) is 9.52.